The standard InChI is InChI=1S/C22H20ClF4N3O2/c1-11-8-12(22(25,26)27)9-18(28-11)30-19(14-4-3-5-15(14)20(30)31)21(32)29(2)13-6-7-17(24)16(23)10-13/h6-10,14-15,19H,3-5H2,1-2H3/t14-,15+,19-/m1/s1. The van der Waals surface area contributed by atoms with Crippen LogP contribution >= 0.6 is 11.6 Å². The van der Waals surface area contributed by atoms with Crippen LogP contribution < -0.4 is 9.80 Å². The number of halogens is 5. The fourth-order valence-corrected chi connectivity index (χ4v) is 4.86. The van der Waals surface area contributed by atoms with Gasteiger partial charge in [-0.05, 0) is 50.1 Å². The van der Waals surface area contributed by atoms with Gasteiger partial charge >= 0.3 is 6.18 Å². The number of amides is 2. The van der Waals surface area contributed by atoms with Crippen LogP contribution in [0, 0.1) is 24.6 Å². The third-order valence-corrected chi connectivity index (χ3v) is 6.49. The minimum absolute atomic E-state index is 0.0876. The molecule has 3 atom stereocenters. The van der Waals surface area contributed by atoms with E-state index >= 15 is 0 Å². The molecule has 0 radical (unpaired) electrons. The smallest absolute Gasteiger partial charge is 0.314 e. The van der Waals surface area contributed by atoms with E-state index in [4.69, 9.17) is 11.6 Å². The first-order valence-corrected chi connectivity index (χ1v) is 10.5. The van der Waals surface area contributed by atoms with Crippen LogP contribution in [0.25, 0.3) is 0 Å². The lowest BCUT2D eigenvalue weighted by Gasteiger charge is -2.30. The quantitative estimate of drug-likeness (QED) is 0.595. The minimum atomic E-state index is -4.62. The average Bonchev–Trinajstić information content (AvgIpc) is 3.30. The maximum atomic E-state index is 13.6. The zero-order valence-corrected chi connectivity index (χ0v) is 18.0. The van der Waals surface area contributed by atoms with Gasteiger partial charge in [0.25, 0.3) is 0 Å². The fourth-order valence-electron chi connectivity index (χ4n) is 4.69. The van der Waals surface area contributed by atoms with Gasteiger partial charge in [-0.25, -0.2) is 9.37 Å². The summed E-state index contributed by atoms with van der Waals surface area (Å²) in [6.45, 7) is 1.41. The van der Waals surface area contributed by atoms with E-state index in [-0.39, 0.29) is 22.5 Å². The van der Waals surface area contributed by atoms with Gasteiger partial charge in [0.1, 0.15) is 17.7 Å². The van der Waals surface area contributed by atoms with E-state index in [0.717, 1.165) is 29.5 Å². The van der Waals surface area contributed by atoms with E-state index in [0.29, 0.717) is 18.5 Å². The molecule has 170 valence electrons. The van der Waals surface area contributed by atoms with Crippen molar-refractivity contribution >= 4 is 34.9 Å². The summed E-state index contributed by atoms with van der Waals surface area (Å²) in [5.41, 5.74) is -0.539. The molecule has 2 fully saturated rings. The van der Waals surface area contributed by atoms with E-state index in [1.807, 2.05) is 0 Å². The highest BCUT2D eigenvalue weighted by Crippen LogP contribution is 2.46. The molecule has 2 amide bonds. The summed E-state index contributed by atoms with van der Waals surface area (Å²) in [5.74, 6) is -2.53. The summed E-state index contributed by atoms with van der Waals surface area (Å²) < 4.78 is 53.7. The summed E-state index contributed by atoms with van der Waals surface area (Å²) in [6, 6.07) is 4.47. The molecule has 32 heavy (non-hydrogen) atoms. The SMILES string of the molecule is Cc1cc(C(F)(F)F)cc(N2C(=O)[C@H]3CCC[C@H]3[C@@H]2C(=O)N(C)c2ccc(F)c(Cl)c2)n1. The van der Waals surface area contributed by atoms with Crippen molar-refractivity contribution in [2.45, 2.75) is 38.4 Å². The first-order chi connectivity index (χ1) is 15.0. The molecule has 10 heteroatoms. The van der Waals surface area contributed by atoms with Gasteiger partial charge in [0, 0.05) is 30.3 Å². The topological polar surface area (TPSA) is 53.5 Å². The fraction of sp³-hybridized carbons (Fsp3) is 0.409. The number of rotatable bonds is 3. The Hall–Kier alpha value is -2.68. The van der Waals surface area contributed by atoms with E-state index < -0.39 is 41.3 Å². The van der Waals surface area contributed by atoms with Gasteiger partial charge in [0.2, 0.25) is 11.8 Å². The van der Waals surface area contributed by atoms with Crippen molar-refractivity contribution in [3.05, 3.63) is 52.4 Å². The molecule has 2 heterocycles. The van der Waals surface area contributed by atoms with Crippen LogP contribution in [0.15, 0.2) is 30.3 Å². The third kappa shape index (κ3) is 3.83. The molecule has 1 aliphatic carbocycles. The van der Waals surface area contributed by atoms with Crippen LogP contribution in [-0.2, 0) is 15.8 Å². The number of carbonyl (C=O) groups excluding carboxylic acids is 2. The number of benzene rings is 1. The molecule has 1 aliphatic heterocycles. The number of anilines is 2. The van der Waals surface area contributed by atoms with Crippen molar-refractivity contribution < 1.29 is 27.2 Å². The Morgan fingerprint density at radius 1 is 1.22 bits per heavy atom. The van der Waals surface area contributed by atoms with E-state index in [1.165, 1.54) is 31.0 Å². The monoisotopic (exact) mass is 469 g/mol. The normalized spacial score (nSPS) is 22.9. The van der Waals surface area contributed by atoms with Crippen molar-refractivity contribution in [3.63, 3.8) is 0 Å². The van der Waals surface area contributed by atoms with Gasteiger partial charge in [0.15, 0.2) is 0 Å². The molecule has 5 nitrogen and oxygen atoms in total. The number of pyridine rings is 1. The predicted molar refractivity (Wildman–Crippen MR) is 111 cm³/mol. The highest BCUT2D eigenvalue weighted by molar-refractivity contribution is 6.31. The summed E-state index contributed by atoms with van der Waals surface area (Å²) in [7, 11) is 1.46. The molecule has 1 aromatic heterocycles. The largest absolute Gasteiger partial charge is 0.416 e. The number of fused-ring (bicyclic) bond motifs is 1. The summed E-state index contributed by atoms with van der Waals surface area (Å²) >= 11 is 5.84. The number of aryl methyl sites for hydroxylation is 1. The number of aromatic nitrogens is 1. The predicted octanol–water partition coefficient (Wildman–Crippen LogP) is 5.00. The summed E-state index contributed by atoms with van der Waals surface area (Å²) in [6.07, 6.45) is -2.71. The number of hydrogen-bond donors (Lipinski definition) is 0. The Labute approximate surface area is 187 Å². The lowest BCUT2D eigenvalue weighted by Crippen LogP contribution is -2.48. The molecule has 2 aliphatic rings. The van der Waals surface area contributed by atoms with Crippen molar-refractivity contribution in [1.29, 1.82) is 0 Å². The molecule has 0 bridgehead atoms. The highest BCUT2D eigenvalue weighted by Gasteiger charge is 2.55. The third-order valence-electron chi connectivity index (χ3n) is 6.20. The Balaban J connectivity index is 1.76. The molecule has 1 saturated heterocycles. The molecule has 0 unspecified atom stereocenters. The lowest BCUT2D eigenvalue weighted by molar-refractivity contribution is -0.137. The van der Waals surface area contributed by atoms with Gasteiger partial charge in [0.05, 0.1) is 10.6 Å². The van der Waals surface area contributed by atoms with E-state index in [1.54, 1.807) is 0 Å². The van der Waals surface area contributed by atoms with Crippen LogP contribution in [0.1, 0.15) is 30.5 Å². The Morgan fingerprint density at radius 2 is 1.94 bits per heavy atom. The number of likely N-dealkylation sites (N-methyl/N-ethyl adjacent to an activating group) is 1. The maximum absolute atomic E-state index is 13.6. The number of carbonyl (C=O) groups is 2. The molecular formula is C22H20ClF4N3O2. The molecule has 4 rings (SSSR count). The van der Waals surface area contributed by atoms with E-state index in [2.05, 4.69) is 4.98 Å². The lowest BCUT2D eigenvalue weighted by atomic mass is 9.92. The van der Waals surface area contributed by atoms with Gasteiger partial charge in [-0.3, -0.25) is 14.5 Å². The van der Waals surface area contributed by atoms with Crippen molar-refractivity contribution in [3.8, 4) is 0 Å². The highest BCUT2D eigenvalue weighted by atomic mass is 35.5. The number of alkyl halides is 3. The van der Waals surface area contributed by atoms with Gasteiger partial charge in [-0.2, -0.15) is 13.2 Å². The number of hydrogen-bond acceptors (Lipinski definition) is 3. The van der Waals surface area contributed by atoms with Gasteiger partial charge in [-0.1, -0.05) is 18.0 Å². The number of nitrogens with zero attached hydrogens (tertiary/aromatic N) is 3. The van der Waals surface area contributed by atoms with Crippen LogP contribution in [0.3, 0.4) is 0 Å². The average molecular weight is 470 g/mol. The van der Waals surface area contributed by atoms with Crippen LogP contribution in [0.2, 0.25) is 5.02 Å². The maximum Gasteiger partial charge on any atom is 0.416 e. The Bertz CT molecular complexity index is 1090. The second-order valence-corrected chi connectivity index (χ2v) is 8.61. The van der Waals surface area contributed by atoms with Crippen molar-refractivity contribution in [2.24, 2.45) is 11.8 Å². The zero-order valence-electron chi connectivity index (χ0n) is 17.3. The molecule has 0 spiro atoms. The van der Waals surface area contributed by atoms with Gasteiger partial charge < -0.3 is 4.90 Å². The molecule has 1 saturated carbocycles. The van der Waals surface area contributed by atoms with Crippen LogP contribution in [0.4, 0.5) is 29.1 Å². The molecule has 2 aromatic rings. The Morgan fingerprint density at radius 3 is 2.59 bits per heavy atom. The van der Waals surface area contributed by atoms with Crippen molar-refractivity contribution in [1.82, 2.24) is 4.98 Å². The second kappa shape index (κ2) is 8.03. The van der Waals surface area contributed by atoms with Crippen molar-refractivity contribution in [2.75, 3.05) is 16.8 Å². The van der Waals surface area contributed by atoms with Crippen LogP contribution in [0.5, 0.6) is 0 Å². The minimum Gasteiger partial charge on any atom is -0.314 e. The first kappa shape index (κ1) is 22.5. The molecular weight excluding hydrogens is 450 g/mol. The van der Waals surface area contributed by atoms with Gasteiger partial charge in [-0.15, -0.1) is 0 Å². The summed E-state index contributed by atoms with van der Waals surface area (Å²) in [5, 5.41) is -0.171. The summed E-state index contributed by atoms with van der Waals surface area (Å²) in [4.78, 5) is 33.2. The molecule has 1 aromatic carbocycles. The second-order valence-electron chi connectivity index (χ2n) is 8.20. The van der Waals surface area contributed by atoms with E-state index in [9.17, 15) is 27.2 Å². The van der Waals surface area contributed by atoms with Crippen LogP contribution in [-0.4, -0.2) is 29.9 Å². The Kier molecular flexibility index (Phi) is 5.65. The first-order valence-electron chi connectivity index (χ1n) is 10.1. The molecule has 0 N–H and O–H groups in total. The zero-order chi connectivity index (χ0) is 23.4.